The number of alkyl halides is 3. The van der Waals surface area contributed by atoms with Gasteiger partial charge in [-0.2, -0.15) is 13.2 Å². The molecule has 1 amide bonds. The molecule has 4 nitrogen and oxygen atoms in total. The Labute approximate surface area is 258 Å². The molecule has 234 valence electrons. The Balaban J connectivity index is 1.25. The maximum absolute atomic E-state index is 13.6. The lowest BCUT2D eigenvalue weighted by molar-refractivity contribution is -0.137. The summed E-state index contributed by atoms with van der Waals surface area (Å²) in [6.45, 7) is 0.754. The van der Waals surface area contributed by atoms with Gasteiger partial charge in [0.1, 0.15) is 0 Å². The summed E-state index contributed by atoms with van der Waals surface area (Å²) in [7, 11) is 0. The number of aliphatic hydroxyl groups excluding tert-OH is 1. The van der Waals surface area contributed by atoms with Gasteiger partial charge < -0.3 is 10.0 Å². The first-order valence-corrected chi connectivity index (χ1v) is 16.0. The smallest absolute Gasteiger partial charge is 0.393 e. The summed E-state index contributed by atoms with van der Waals surface area (Å²) in [6, 6.07) is 22.2. The van der Waals surface area contributed by atoms with Crippen LogP contribution >= 0.6 is 0 Å². The van der Waals surface area contributed by atoms with Crippen LogP contribution in [0.5, 0.6) is 0 Å². The topological polar surface area (TPSA) is 57.6 Å². The number of aryl methyl sites for hydroxylation is 1. The summed E-state index contributed by atoms with van der Waals surface area (Å²) in [4.78, 5) is 29.2. The largest absolute Gasteiger partial charge is 0.416 e. The molecule has 0 bridgehead atoms. The maximum atomic E-state index is 13.6. The van der Waals surface area contributed by atoms with Gasteiger partial charge in [0.05, 0.1) is 11.7 Å². The Hall–Kier alpha value is -3.45. The number of rotatable bonds is 12. The number of nitrogens with zero attached hydrogens (tertiary/aromatic N) is 1. The second kappa shape index (κ2) is 14.6. The number of hydrogen-bond acceptors (Lipinski definition) is 3. The van der Waals surface area contributed by atoms with E-state index in [0.717, 1.165) is 37.1 Å². The highest BCUT2D eigenvalue weighted by atomic mass is 19.4. The van der Waals surface area contributed by atoms with Crippen LogP contribution in [0.4, 0.5) is 13.2 Å². The van der Waals surface area contributed by atoms with Crippen LogP contribution in [-0.2, 0) is 19.0 Å². The van der Waals surface area contributed by atoms with Crippen LogP contribution in [0, 0.1) is 11.8 Å². The number of likely N-dealkylation sites (tertiary alicyclic amines) is 1. The lowest BCUT2D eigenvalue weighted by atomic mass is 9.85. The number of benzene rings is 3. The van der Waals surface area contributed by atoms with Crippen molar-refractivity contribution < 1.29 is 27.9 Å². The third-order valence-corrected chi connectivity index (χ3v) is 9.49. The van der Waals surface area contributed by atoms with Crippen LogP contribution in [0.15, 0.2) is 78.9 Å². The summed E-state index contributed by atoms with van der Waals surface area (Å²) in [5.74, 6) is 0.0481. The quantitative estimate of drug-likeness (QED) is 0.211. The van der Waals surface area contributed by atoms with E-state index in [0.29, 0.717) is 48.3 Å². The van der Waals surface area contributed by atoms with Crippen LogP contribution in [0.1, 0.15) is 95.2 Å². The van der Waals surface area contributed by atoms with Gasteiger partial charge in [0, 0.05) is 30.1 Å². The fourth-order valence-corrected chi connectivity index (χ4v) is 7.14. The van der Waals surface area contributed by atoms with Crippen LogP contribution in [0.2, 0.25) is 0 Å². The average Bonchev–Trinajstić information content (AvgIpc) is 3.73. The Morgan fingerprint density at radius 3 is 2.30 bits per heavy atom. The molecule has 1 heterocycles. The first-order valence-electron chi connectivity index (χ1n) is 16.0. The summed E-state index contributed by atoms with van der Waals surface area (Å²) >= 11 is 0. The van der Waals surface area contributed by atoms with Gasteiger partial charge in [-0.1, -0.05) is 73.5 Å². The molecule has 3 aromatic rings. The molecule has 1 aliphatic carbocycles. The lowest BCUT2D eigenvalue weighted by Crippen LogP contribution is -2.39. The molecular weight excluding hydrogens is 563 g/mol. The zero-order valence-corrected chi connectivity index (χ0v) is 25.1. The van der Waals surface area contributed by atoms with Gasteiger partial charge >= 0.3 is 6.18 Å². The van der Waals surface area contributed by atoms with Crippen molar-refractivity contribution in [1.82, 2.24) is 4.90 Å². The lowest BCUT2D eigenvalue weighted by Gasteiger charge is -2.29. The third kappa shape index (κ3) is 8.17. The molecule has 3 aromatic carbocycles. The number of hydrogen-bond donors (Lipinski definition) is 1. The average molecular weight is 606 g/mol. The molecule has 7 heteroatoms. The minimum atomic E-state index is -4.40. The van der Waals surface area contributed by atoms with E-state index < -0.39 is 17.8 Å². The minimum Gasteiger partial charge on any atom is -0.393 e. The summed E-state index contributed by atoms with van der Waals surface area (Å²) in [5.41, 5.74) is 1.88. The Morgan fingerprint density at radius 2 is 1.55 bits per heavy atom. The van der Waals surface area contributed by atoms with Crippen molar-refractivity contribution in [2.24, 2.45) is 11.8 Å². The van der Waals surface area contributed by atoms with Crippen molar-refractivity contribution in [3.05, 3.63) is 107 Å². The Kier molecular flexibility index (Phi) is 10.6. The van der Waals surface area contributed by atoms with Gasteiger partial charge in [0.15, 0.2) is 5.78 Å². The molecule has 1 saturated carbocycles. The molecule has 1 unspecified atom stereocenters. The molecule has 3 atom stereocenters. The van der Waals surface area contributed by atoms with Crippen LogP contribution in [-0.4, -0.2) is 40.4 Å². The molecule has 5 rings (SSSR count). The van der Waals surface area contributed by atoms with E-state index in [1.54, 1.807) is 30.3 Å². The zero-order chi connectivity index (χ0) is 31.1. The molecule has 1 aliphatic heterocycles. The van der Waals surface area contributed by atoms with Crippen molar-refractivity contribution in [1.29, 1.82) is 0 Å². The molecule has 44 heavy (non-hydrogen) atoms. The first-order chi connectivity index (χ1) is 21.2. The highest BCUT2D eigenvalue weighted by Crippen LogP contribution is 2.36. The van der Waals surface area contributed by atoms with E-state index in [1.165, 1.54) is 31.7 Å². The van der Waals surface area contributed by atoms with Crippen molar-refractivity contribution in [3.8, 4) is 0 Å². The van der Waals surface area contributed by atoms with Crippen LogP contribution in [0.3, 0.4) is 0 Å². The van der Waals surface area contributed by atoms with E-state index in [-0.39, 0.29) is 30.1 Å². The SMILES string of the molecule is O=C(C[C@@H](Cc1ccccc1)[C@H](O)CCCc1cccc(C(F)(F)F)c1)c1cccc(C(=O)N2CCCC2C2CCCC2)c1. The van der Waals surface area contributed by atoms with Gasteiger partial charge in [-0.15, -0.1) is 0 Å². The summed E-state index contributed by atoms with van der Waals surface area (Å²) in [6.07, 6.45) is 3.50. The van der Waals surface area contributed by atoms with Gasteiger partial charge in [-0.3, -0.25) is 9.59 Å². The van der Waals surface area contributed by atoms with Crippen LogP contribution in [0.25, 0.3) is 0 Å². The molecule has 0 spiro atoms. The molecule has 0 radical (unpaired) electrons. The fourth-order valence-electron chi connectivity index (χ4n) is 7.14. The molecule has 2 fully saturated rings. The highest BCUT2D eigenvalue weighted by molar-refractivity contribution is 6.00. The Bertz CT molecular complexity index is 1400. The monoisotopic (exact) mass is 605 g/mol. The Morgan fingerprint density at radius 1 is 0.841 bits per heavy atom. The van der Waals surface area contributed by atoms with Gasteiger partial charge in [0.2, 0.25) is 0 Å². The number of ketones is 1. The number of aliphatic hydroxyl groups is 1. The predicted octanol–water partition coefficient (Wildman–Crippen LogP) is 8.32. The minimum absolute atomic E-state index is 0.00971. The molecule has 1 N–H and O–H groups in total. The molecule has 2 aliphatic rings. The fraction of sp³-hybridized carbons (Fsp3) is 0.459. The van der Waals surface area contributed by atoms with E-state index in [1.807, 2.05) is 35.2 Å². The van der Waals surface area contributed by atoms with E-state index >= 15 is 0 Å². The van der Waals surface area contributed by atoms with E-state index in [2.05, 4.69) is 0 Å². The first kappa shape index (κ1) is 32.0. The highest BCUT2D eigenvalue weighted by Gasteiger charge is 2.36. The van der Waals surface area contributed by atoms with Gasteiger partial charge in [-0.05, 0) is 92.5 Å². The second-order valence-corrected chi connectivity index (χ2v) is 12.6. The molecular formula is C37H42F3NO3. The third-order valence-electron chi connectivity index (χ3n) is 9.49. The van der Waals surface area contributed by atoms with Crippen molar-refractivity contribution in [2.45, 2.75) is 89.0 Å². The van der Waals surface area contributed by atoms with Crippen LogP contribution < -0.4 is 0 Å². The number of carbonyl (C=O) groups excluding carboxylic acids is 2. The number of carbonyl (C=O) groups is 2. The summed E-state index contributed by atoms with van der Waals surface area (Å²) in [5, 5.41) is 11.3. The van der Waals surface area contributed by atoms with E-state index in [4.69, 9.17) is 0 Å². The second-order valence-electron chi connectivity index (χ2n) is 12.6. The standard InChI is InChI=1S/C37H42F3NO3/c38-37(39,40)32-18-6-12-27(23-32)13-7-20-34(42)31(22-26-10-2-1-3-11-26)25-35(43)29-16-8-17-30(24-29)36(44)41-21-9-19-33(41)28-14-4-5-15-28/h1-3,6,8,10-12,16-18,23-24,28,31,33-34,42H,4-5,7,9,13-15,19-22,25H2/t31-,33?,34-/m1/s1. The maximum Gasteiger partial charge on any atom is 0.416 e. The zero-order valence-electron chi connectivity index (χ0n) is 25.1. The normalized spacial score (nSPS) is 18.8. The number of amides is 1. The van der Waals surface area contributed by atoms with Gasteiger partial charge in [0.25, 0.3) is 5.91 Å². The molecule has 0 aromatic heterocycles. The predicted molar refractivity (Wildman–Crippen MR) is 165 cm³/mol. The van der Waals surface area contributed by atoms with Crippen molar-refractivity contribution in [3.63, 3.8) is 0 Å². The van der Waals surface area contributed by atoms with Gasteiger partial charge in [-0.25, -0.2) is 0 Å². The van der Waals surface area contributed by atoms with Crippen molar-refractivity contribution in [2.75, 3.05) is 6.54 Å². The molecule has 1 saturated heterocycles. The van der Waals surface area contributed by atoms with E-state index in [9.17, 15) is 27.9 Å². The van der Waals surface area contributed by atoms with Crippen molar-refractivity contribution >= 4 is 11.7 Å². The summed E-state index contributed by atoms with van der Waals surface area (Å²) < 4.78 is 39.4. The number of Topliss-reactive ketones (excluding diaryl/α,β-unsaturated/α-hetero) is 1. The number of halogens is 3.